The van der Waals surface area contributed by atoms with E-state index >= 15 is 0 Å². The van der Waals surface area contributed by atoms with Gasteiger partial charge >= 0.3 is 5.97 Å². The number of carbonyl (C=O) groups is 2. The second-order valence-electron chi connectivity index (χ2n) is 4.57. The van der Waals surface area contributed by atoms with Crippen LogP contribution in [0.25, 0.3) is 0 Å². The van der Waals surface area contributed by atoms with Crippen LogP contribution in [0.15, 0.2) is 18.2 Å². The quantitative estimate of drug-likeness (QED) is 0.853. The topological polar surface area (TPSA) is 83.6 Å². The highest BCUT2D eigenvalue weighted by molar-refractivity contribution is 6.30. The Bertz CT molecular complexity index is 552. The van der Waals surface area contributed by atoms with Gasteiger partial charge < -0.3 is 15.7 Å². The van der Waals surface area contributed by atoms with E-state index in [0.717, 1.165) is 6.07 Å². The second kappa shape index (κ2) is 4.79. The van der Waals surface area contributed by atoms with Crippen molar-refractivity contribution in [2.45, 2.75) is 12.0 Å². The van der Waals surface area contributed by atoms with Crippen molar-refractivity contribution in [2.75, 3.05) is 13.1 Å². The van der Waals surface area contributed by atoms with Crippen LogP contribution in [-0.4, -0.2) is 40.5 Å². The van der Waals surface area contributed by atoms with E-state index in [1.807, 2.05) is 0 Å². The molecule has 1 aliphatic heterocycles. The first-order valence-electron chi connectivity index (χ1n) is 5.60. The van der Waals surface area contributed by atoms with Gasteiger partial charge in [0.25, 0.3) is 5.91 Å². The molecule has 5 nitrogen and oxygen atoms in total. The maximum atomic E-state index is 13.3. The zero-order chi connectivity index (χ0) is 14.2. The molecule has 0 radical (unpaired) electrons. The lowest BCUT2D eigenvalue weighted by Gasteiger charge is -2.20. The highest BCUT2D eigenvalue weighted by Crippen LogP contribution is 2.22. The van der Waals surface area contributed by atoms with E-state index in [0.29, 0.717) is 0 Å². The normalized spacial score (nSPS) is 22.6. The average molecular weight is 287 g/mol. The zero-order valence-corrected chi connectivity index (χ0v) is 10.7. The number of rotatable bonds is 2. The molecule has 0 aliphatic carbocycles. The van der Waals surface area contributed by atoms with Gasteiger partial charge in [-0.1, -0.05) is 11.6 Å². The molecule has 1 aromatic carbocycles. The van der Waals surface area contributed by atoms with Gasteiger partial charge in [-0.2, -0.15) is 0 Å². The molecular formula is C12H12ClFN2O3. The van der Waals surface area contributed by atoms with Crippen molar-refractivity contribution in [2.24, 2.45) is 5.73 Å². The fourth-order valence-electron chi connectivity index (χ4n) is 1.99. The molecule has 0 saturated carbocycles. The van der Waals surface area contributed by atoms with Crippen molar-refractivity contribution in [3.05, 3.63) is 34.6 Å². The highest BCUT2D eigenvalue weighted by Gasteiger charge is 2.43. The Balaban J connectivity index is 2.18. The third kappa shape index (κ3) is 2.54. The zero-order valence-electron chi connectivity index (χ0n) is 9.90. The van der Waals surface area contributed by atoms with E-state index in [-0.39, 0.29) is 30.1 Å². The second-order valence-corrected chi connectivity index (χ2v) is 4.97. The molecule has 1 unspecified atom stereocenters. The molecule has 102 valence electrons. The number of carboxylic acid groups (broad SMARTS) is 1. The van der Waals surface area contributed by atoms with Gasteiger partial charge in [0, 0.05) is 18.7 Å². The third-order valence-electron chi connectivity index (χ3n) is 3.18. The number of hydrogen-bond acceptors (Lipinski definition) is 3. The Hall–Kier alpha value is -1.66. The predicted octanol–water partition coefficient (Wildman–Crippen LogP) is 1.11. The van der Waals surface area contributed by atoms with E-state index in [2.05, 4.69) is 0 Å². The SMILES string of the molecule is NC1(C(=O)O)CCN(C(=O)c2ccc(Cl)c(F)c2)C1. The summed E-state index contributed by atoms with van der Waals surface area (Å²) < 4.78 is 13.3. The van der Waals surface area contributed by atoms with Gasteiger partial charge in [0.2, 0.25) is 0 Å². The summed E-state index contributed by atoms with van der Waals surface area (Å²) in [6, 6.07) is 3.71. The third-order valence-corrected chi connectivity index (χ3v) is 3.49. The molecule has 1 aliphatic rings. The number of likely N-dealkylation sites (tertiary alicyclic amines) is 1. The molecule has 0 spiro atoms. The van der Waals surface area contributed by atoms with Gasteiger partial charge in [0.05, 0.1) is 5.02 Å². The number of nitrogens with two attached hydrogens (primary N) is 1. The molecule has 1 heterocycles. The minimum atomic E-state index is -1.43. The summed E-state index contributed by atoms with van der Waals surface area (Å²) in [5.74, 6) is -2.29. The van der Waals surface area contributed by atoms with Crippen LogP contribution in [-0.2, 0) is 4.79 Å². The lowest BCUT2D eigenvalue weighted by atomic mass is 10.0. The largest absolute Gasteiger partial charge is 0.480 e. The minimum absolute atomic E-state index is 0.0725. The fraction of sp³-hybridized carbons (Fsp3) is 0.333. The standard InChI is InChI=1S/C12H12ClFN2O3/c13-8-2-1-7(5-9(8)14)10(17)16-4-3-12(15,6-16)11(18)19/h1-2,5H,3-4,6,15H2,(H,18,19). The summed E-state index contributed by atoms with van der Waals surface area (Å²) in [6.07, 6.45) is 0.171. The molecule has 2 rings (SSSR count). The Morgan fingerprint density at radius 3 is 2.68 bits per heavy atom. The summed E-state index contributed by atoms with van der Waals surface area (Å²) in [4.78, 5) is 24.4. The highest BCUT2D eigenvalue weighted by atomic mass is 35.5. The molecule has 1 aromatic rings. The van der Waals surface area contributed by atoms with Crippen LogP contribution in [0.2, 0.25) is 5.02 Å². The Labute approximate surface area is 113 Å². The van der Waals surface area contributed by atoms with Crippen LogP contribution >= 0.6 is 11.6 Å². The molecule has 1 saturated heterocycles. The number of carbonyl (C=O) groups excluding carboxylic acids is 1. The number of nitrogens with zero attached hydrogens (tertiary/aromatic N) is 1. The smallest absolute Gasteiger partial charge is 0.325 e. The Morgan fingerprint density at radius 1 is 1.47 bits per heavy atom. The molecular weight excluding hydrogens is 275 g/mol. The molecule has 1 amide bonds. The molecule has 3 N–H and O–H groups in total. The number of halogens is 2. The fourth-order valence-corrected chi connectivity index (χ4v) is 2.11. The molecule has 1 fully saturated rings. The summed E-state index contributed by atoms with van der Waals surface area (Å²) in [5.41, 5.74) is 4.37. The van der Waals surface area contributed by atoms with E-state index in [1.165, 1.54) is 17.0 Å². The Kier molecular flexibility index (Phi) is 3.47. The van der Waals surface area contributed by atoms with Crippen molar-refractivity contribution in [3.63, 3.8) is 0 Å². The maximum absolute atomic E-state index is 13.3. The van der Waals surface area contributed by atoms with Crippen LogP contribution in [0.5, 0.6) is 0 Å². The Morgan fingerprint density at radius 2 is 2.16 bits per heavy atom. The van der Waals surface area contributed by atoms with Crippen LogP contribution in [0.1, 0.15) is 16.8 Å². The average Bonchev–Trinajstić information content (AvgIpc) is 2.76. The van der Waals surface area contributed by atoms with Gasteiger partial charge in [-0.3, -0.25) is 9.59 Å². The lowest BCUT2D eigenvalue weighted by molar-refractivity contribution is -0.142. The van der Waals surface area contributed by atoms with Gasteiger partial charge in [-0.15, -0.1) is 0 Å². The number of amides is 1. The number of hydrogen-bond donors (Lipinski definition) is 2. The van der Waals surface area contributed by atoms with Gasteiger partial charge in [-0.25, -0.2) is 4.39 Å². The summed E-state index contributed by atoms with van der Waals surface area (Å²) in [5, 5.41) is 8.91. The van der Waals surface area contributed by atoms with Crippen LogP contribution < -0.4 is 5.73 Å². The van der Waals surface area contributed by atoms with E-state index in [1.54, 1.807) is 0 Å². The van der Waals surface area contributed by atoms with E-state index in [9.17, 15) is 14.0 Å². The van der Waals surface area contributed by atoms with E-state index in [4.69, 9.17) is 22.4 Å². The number of carboxylic acids is 1. The lowest BCUT2D eigenvalue weighted by Crippen LogP contribution is -2.50. The predicted molar refractivity (Wildman–Crippen MR) is 66.5 cm³/mol. The molecule has 7 heteroatoms. The van der Waals surface area contributed by atoms with Crippen molar-refractivity contribution >= 4 is 23.5 Å². The van der Waals surface area contributed by atoms with Crippen LogP contribution in [0, 0.1) is 5.82 Å². The first-order chi connectivity index (χ1) is 8.83. The molecule has 0 aromatic heterocycles. The van der Waals surface area contributed by atoms with Crippen molar-refractivity contribution in [1.82, 2.24) is 4.90 Å². The minimum Gasteiger partial charge on any atom is -0.480 e. The summed E-state index contributed by atoms with van der Waals surface area (Å²) >= 11 is 5.53. The number of aliphatic carboxylic acids is 1. The van der Waals surface area contributed by atoms with E-state index < -0.39 is 23.2 Å². The molecule has 1 atom stereocenters. The monoisotopic (exact) mass is 286 g/mol. The van der Waals surface area contributed by atoms with Gasteiger partial charge in [0.15, 0.2) is 0 Å². The summed E-state index contributed by atoms with van der Waals surface area (Å²) in [7, 11) is 0. The van der Waals surface area contributed by atoms with Gasteiger partial charge in [-0.05, 0) is 24.6 Å². The van der Waals surface area contributed by atoms with Crippen LogP contribution in [0.4, 0.5) is 4.39 Å². The first kappa shape index (κ1) is 13.8. The maximum Gasteiger partial charge on any atom is 0.325 e. The van der Waals surface area contributed by atoms with Crippen molar-refractivity contribution in [3.8, 4) is 0 Å². The molecule has 0 bridgehead atoms. The number of benzene rings is 1. The van der Waals surface area contributed by atoms with Gasteiger partial charge in [0.1, 0.15) is 11.4 Å². The summed E-state index contributed by atoms with van der Waals surface area (Å²) in [6.45, 7) is 0.136. The van der Waals surface area contributed by atoms with Crippen molar-refractivity contribution in [1.29, 1.82) is 0 Å². The first-order valence-corrected chi connectivity index (χ1v) is 5.98. The molecule has 19 heavy (non-hydrogen) atoms. The van der Waals surface area contributed by atoms with Crippen molar-refractivity contribution < 1.29 is 19.1 Å². The van der Waals surface area contributed by atoms with Crippen LogP contribution in [0.3, 0.4) is 0 Å².